The Morgan fingerprint density at radius 2 is 2.28 bits per heavy atom. The van der Waals surface area contributed by atoms with Gasteiger partial charge < -0.3 is 16.2 Å². The van der Waals surface area contributed by atoms with Crippen LogP contribution >= 0.6 is 27.5 Å². The third kappa shape index (κ3) is 4.28. The number of halogens is 2. The third-order valence-corrected chi connectivity index (χ3v) is 2.57. The maximum Gasteiger partial charge on any atom is 0.211 e. The SMILES string of the molecule is C#CCOc1c(Cl)cc(C=NN=C(N)N)cc1Br. The molecule has 0 saturated heterocycles. The predicted octanol–water partition coefficient (Wildman–Crippen LogP) is 1.72. The van der Waals surface area contributed by atoms with E-state index < -0.39 is 0 Å². The molecular formula is C11H10BrClN4O. The lowest BCUT2D eigenvalue weighted by Crippen LogP contribution is -2.21. The summed E-state index contributed by atoms with van der Waals surface area (Å²) >= 11 is 9.37. The van der Waals surface area contributed by atoms with Gasteiger partial charge in [0.05, 0.1) is 15.7 Å². The molecule has 1 aromatic carbocycles. The molecule has 0 aromatic heterocycles. The number of ether oxygens (including phenoxy) is 1. The van der Waals surface area contributed by atoms with Gasteiger partial charge in [-0.2, -0.15) is 5.10 Å². The summed E-state index contributed by atoms with van der Waals surface area (Å²) in [6.07, 6.45) is 6.57. The second-order valence-corrected chi connectivity index (χ2v) is 4.34. The van der Waals surface area contributed by atoms with Crippen LogP contribution in [0.2, 0.25) is 5.02 Å². The molecule has 1 rings (SSSR count). The Hall–Kier alpha value is -1.71. The minimum atomic E-state index is -0.120. The molecule has 0 aliphatic heterocycles. The van der Waals surface area contributed by atoms with Gasteiger partial charge in [-0.3, -0.25) is 0 Å². The monoisotopic (exact) mass is 328 g/mol. The van der Waals surface area contributed by atoms with Crippen LogP contribution in [0.15, 0.2) is 26.8 Å². The summed E-state index contributed by atoms with van der Waals surface area (Å²) in [5.74, 6) is 2.72. The average molecular weight is 330 g/mol. The van der Waals surface area contributed by atoms with E-state index in [0.717, 1.165) is 0 Å². The van der Waals surface area contributed by atoms with Crippen molar-refractivity contribution >= 4 is 39.7 Å². The minimum absolute atomic E-state index is 0.120. The number of nitrogens with two attached hydrogens (primary N) is 2. The Bertz CT molecular complexity index is 509. The first-order valence-electron chi connectivity index (χ1n) is 4.72. The van der Waals surface area contributed by atoms with Crippen LogP contribution < -0.4 is 16.2 Å². The summed E-state index contributed by atoms with van der Waals surface area (Å²) in [6.45, 7) is 0.139. The lowest BCUT2D eigenvalue weighted by atomic mass is 10.2. The molecule has 1 aromatic rings. The molecular weight excluding hydrogens is 320 g/mol. The van der Waals surface area contributed by atoms with E-state index in [0.29, 0.717) is 20.8 Å². The zero-order chi connectivity index (χ0) is 13.5. The summed E-state index contributed by atoms with van der Waals surface area (Å²) in [7, 11) is 0. The quantitative estimate of drug-likeness (QED) is 0.382. The van der Waals surface area contributed by atoms with Crippen molar-refractivity contribution in [3.05, 3.63) is 27.2 Å². The van der Waals surface area contributed by atoms with Gasteiger partial charge >= 0.3 is 0 Å². The summed E-state index contributed by atoms with van der Waals surface area (Å²) in [5, 5.41) is 7.56. The topological polar surface area (TPSA) is 86.0 Å². The van der Waals surface area contributed by atoms with Gasteiger partial charge in [-0.1, -0.05) is 17.5 Å². The van der Waals surface area contributed by atoms with Gasteiger partial charge in [0.25, 0.3) is 0 Å². The fourth-order valence-corrected chi connectivity index (χ4v) is 2.06. The Morgan fingerprint density at radius 3 is 2.83 bits per heavy atom. The number of benzene rings is 1. The smallest absolute Gasteiger partial charge is 0.211 e. The van der Waals surface area contributed by atoms with E-state index in [1.165, 1.54) is 6.21 Å². The maximum absolute atomic E-state index is 6.04. The van der Waals surface area contributed by atoms with E-state index in [1.54, 1.807) is 12.1 Å². The van der Waals surface area contributed by atoms with Crippen LogP contribution in [0.5, 0.6) is 5.75 Å². The summed E-state index contributed by atoms with van der Waals surface area (Å²) in [6, 6.07) is 3.41. The van der Waals surface area contributed by atoms with E-state index in [2.05, 4.69) is 32.1 Å². The van der Waals surface area contributed by atoms with Gasteiger partial charge in [0.15, 0.2) is 5.75 Å². The van der Waals surface area contributed by atoms with Crippen LogP contribution in [0.25, 0.3) is 0 Å². The van der Waals surface area contributed by atoms with Crippen molar-refractivity contribution in [3.63, 3.8) is 0 Å². The Labute approximate surface area is 118 Å². The highest BCUT2D eigenvalue weighted by atomic mass is 79.9. The van der Waals surface area contributed by atoms with Crippen molar-refractivity contribution in [2.75, 3.05) is 6.61 Å². The first-order valence-corrected chi connectivity index (χ1v) is 5.89. The van der Waals surface area contributed by atoms with Crippen LogP contribution in [0.3, 0.4) is 0 Å². The molecule has 0 saturated carbocycles. The molecule has 0 fully saturated rings. The van der Waals surface area contributed by atoms with Gasteiger partial charge in [-0.05, 0) is 33.6 Å². The van der Waals surface area contributed by atoms with E-state index in [-0.39, 0.29) is 12.6 Å². The van der Waals surface area contributed by atoms with Crippen molar-refractivity contribution in [2.24, 2.45) is 21.7 Å². The number of rotatable bonds is 4. The maximum atomic E-state index is 6.04. The average Bonchev–Trinajstić information content (AvgIpc) is 2.27. The zero-order valence-corrected chi connectivity index (χ0v) is 11.6. The van der Waals surface area contributed by atoms with Crippen LogP contribution in [0.4, 0.5) is 0 Å². The highest BCUT2D eigenvalue weighted by molar-refractivity contribution is 9.10. The van der Waals surface area contributed by atoms with Crippen molar-refractivity contribution < 1.29 is 4.74 Å². The number of hydrogen-bond donors (Lipinski definition) is 2. The summed E-state index contributed by atoms with van der Waals surface area (Å²) in [4.78, 5) is 0. The van der Waals surface area contributed by atoms with Crippen LogP contribution in [-0.4, -0.2) is 18.8 Å². The summed E-state index contributed by atoms with van der Waals surface area (Å²) < 4.78 is 5.95. The van der Waals surface area contributed by atoms with Crippen molar-refractivity contribution in [2.45, 2.75) is 0 Å². The molecule has 0 spiro atoms. The number of hydrogen-bond acceptors (Lipinski definition) is 3. The highest BCUT2D eigenvalue weighted by Crippen LogP contribution is 2.34. The van der Waals surface area contributed by atoms with E-state index in [1.807, 2.05) is 0 Å². The van der Waals surface area contributed by atoms with Crippen LogP contribution in [0, 0.1) is 12.3 Å². The Morgan fingerprint density at radius 1 is 1.56 bits per heavy atom. The van der Waals surface area contributed by atoms with Crippen molar-refractivity contribution in [3.8, 4) is 18.1 Å². The highest BCUT2D eigenvalue weighted by Gasteiger charge is 2.08. The molecule has 0 atom stereocenters. The molecule has 0 radical (unpaired) electrons. The second-order valence-electron chi connectivity index (χ2n) is 3.08. The minimum Gasteiger partial charge on any atom is -0.478 e. The molecule has 4 N–H and O–H groups in total. The van der Waals surface area contributed by atoms with Crippen LogP contribution in [-0.2, 0) is 0 Å². The molecule has 5 nitrogen and oxygen atoms in total. The zero-order valence-electron chi connectivity index (χ0n) is 9.23. The standard InChI is InChI=1S/C11H10BrClN4O/c1-2-3-18-10-8(12)4-7(5-9(10)13)6-16-17-11(14)15/h1,4-6H,3H2,(H4,14,15,17). The predicted molar refractivity (Wildman–Crippen MR) is 76.9 cm³/mol. The fourth-order valence-electron chi connectivity index (χ4n) is 1.07. The molecule has 18 heavy (non-hydrogen) atoms. The van der Waals surface area contributed by atoms with E-state index in [9.17, 15) is 0 Å². The van der Waals surface area contributed by atoms with Gasteiger partial charge in [0, 0.05) is 0 Å². The molecule has 0 heterocycles. The molecule has 0 amide bonds. The molecule has 0 aliphatic rings. The Balaban J connectivity index is 2.96. The molecule has 7 heteroatoms. The van der Waals surface area contributed by atoms with Gasteiger partial charge in [0.1, 0.15) is 6.61 Å². The number of nitrogens with zero attached hydrogens (tertiary/aromatic N) is 2. The second kappa shape index (κ2) is 6.89. The first-order chi connectivity index (χ1) is 8.54. The first kappa shape index (κ1) is 14.4. The number of guanidine groups is 1. The third-order valence-electron chi connectivity index (χ3n) is 1.70. The number of terminal acetylenes is 1. The lowest BCUT2D eigenvalue weighted by molar-refractivity contribution is 0.368. The summed E-state index contributed by atoms with van der Waals surface area (Å²) in [5.41, 5.74) is 11.0. The van der Waals surface area contributed by atoms with Crippen molar-refractivity contribution in [1.29, 1.82) is 0 Å². The largest absolute Gasteiger partial charge is 0.478 e. The van der Waals surface area contributed by atoms with Crippen molar-refractivity contribution in [1.82, 2.24) is 0 Å². The van der Waals surface area contributed by atoms with Gasteiger partial charge in [-0.15, -0.1) is 11.5 Å². The molecule has 0 bridgehead atoms. The van der Waals surface area contributed by atoms with Gasteiger partial charge in [-0.25, -0.2) is 0 Å². The van der Waals surface area contributed by atoms with E-state index in [4.69, 9.17) is 34.2 Å². The Kier molecular flexibility index (Phi) is 5.49. The molecule has 0 aliphatic carbocycles. The lowest BCUT2D eigenvalue weighted by Gasteiger charge is -2.08. The molecule has 94 valence electrons. The molecule has 0 unspecified atom stereocenters. The van der Waals surface area contributed by atoms with Gasteiger partial charge in [0.2, 0.25) is 5.96 Å². The fraction of sp³-hybridized carbons (Fsp3) is 0.0909. The van der Waals surface area contributed by atoms with Crippen LogP contribution in [0.1, 0.15) is 5.56 Å². The van der Waals surface area contributed by atoms with E-state index >= 15 is 0 Å². The normalized spacial score (nSPS) is 10.1.